The molecule has 0 spiro atoms. The maximum Gasteiger partial charge on any atom is 0.251 e. The van der Waals surface area contributed by atoms with Crippen molar-refractivity contribution in [2.24, 2.45) is 0 Å². The van der Waals surface area contributed by atoms with Gasteiger partial charge < -0.3 is 9.73 Å². The fourth-order valence-electron chi connectivity index (χ4n) is 3.40. The van der Waals surface area contributed by atoms with Gasteiger partial charge in [0.15, 0.2) is 0 Å². The lowest BCUT2D eigenvalue weighted by molar-refractivity contribution is 0.0951. The van der Waals surface area contributed by atoms with Gasteiger partial charge in [-0.2, -0.15) is 0 Å². The lowest BCUT2D eigenvalue weighted by atomic mass is 10.1. The van der Waals surface area contributed by atoms with Crippen molar-refractivity contribution in [3.63, 3.8) is 0 Å². The van der Waals surface area contributed by atoms with E-state index in [0.717, 1.165) is 55.9 Å². The van der Waals surface area contributed by atoms with Crippen molar-refractivity contribution in [1.82, 2.24) is 15.2 Å². The predicted molar refractivity (Wildman–Crippen MR) is 119 cm³/mol. The van der Waals surface area contributed by atoms with Gasteiger partial charge in [-0.1, -0.05) is 25.5 Å². The van der Waals surface area contributed by atoms with E-state index in [1.165, 1.54) is 23.4 Å². The minimum atomic E-state index is 0.0265. The average molecular weight is 424 g/mol. The standard InChI is InChI=1S/C24H29N3O2S/c1-2-3-6-23-25-21(17-30-23)15-27(16-22-5-4-13-29-22)14-18-7-9-19(10-8-18)24(28)26-20-11-12-20/h4-5,7-10,13,17,20H,2-3,6,11-12,14-16H2,1H3,(H,26,28). The van der Waals surface area contributed by atoms with Gasteiger partial charge in [0.1, 0.15) is 5.76 Å². The van der Waals surface area contributed by atoms with Gasteiger partial charge in [-0.05, 0) is 55.5 Å². The molecule has 2 heterocycles. The van der Waals surface area contributed by atoms with E-state index in [4.69, 9.17) is 9.40 Å². The van der Waals surface area contributed by atoms with Crippen molar-refractivity contribution in [1.29, 1.82) is 0 Å². The van der Waals surface area contributed by atoms with Crippen molar-refractivity contribution in [3.8, 4) is 0 Å². The highest BCUT2D eigenvalue weighted by atomic mass is 32.1. The average Bonchev–Trinajstić information content (AvgIpc) is 3.22. The molecule has 1 aromatic carbocycles. The first-order valence-electron chi connectivity index (χ1n) is 10.8. The fourth-order valence-corrected chi connectivity index (χ4v) is 4.23. The normalized spacial score (nSPS) is 13.7. The summed E-state index contributed by atoms with van der Waals surface area (Å²) in [6, 6.07) is 12.2. The first kappa shape index (κ1) is 20.8. The lowest BCUT2D eigenvalue weighted by Gasteiger charge is -2.20. The number of nitrogens with one attached hydrogen (secondary N) is 1. The SMILES string of the molecule is CCCCc1nc(CN(Cc2ccc(C(=O)NC3CC3)cc2)Cc2ccco2)cs1. The largest absolute Gasteiger partial charge is 0.468 e. The van der Waals surface area contributed by atoms with Crippen LogP contribution in [0.25, 0.3) is 0 Å². The number of aromatic nitrogens is 1. The van der Waals surface area contributed by atoms with Crippen LogP contribution in [0.2, 0.25) is 0 Å². The van der Waals surface area contributed by atoms with Gasteiger partial charge in [-0.3, -0.25) is 9.69 Å². The Morgan fingerprint density at radius 3 is 2.73 bits per heavy atom. The first-order valence-corrected chi connectivity index (χ1v) is 11.7. The van der Waals surface area contributed by atoms with Crippen molar-refractivity contribution in [2.75, 3.05) is 0 Å². The van der Waals surface area contributed by atoms with Crippen LogP contribution in [-0.4, -0.2) is 21.8 Å². The van der Waals surface area contributed by atoms with E-state index in [-0.39, 0.29) is 5.91 Å². The molecule has 5 nitrogen and oxygen atoms in total. The molecule has 30 heavy (non-hydrogen) atoms. The van der Waals surface area contributed by atoms with Gasteiger partial charge >= 0.3 is 0 Å². The summed E-state index contributed by atoms with van der Waals surface area (Å²) in [5.41, 5.74) is 3.01. The molecule has 1 aliphatic rings. The highest BCUT2D eigenvalue weighted by Crippen LogP contribution is 2.20. The van der Waals surface area contributed by atoms with E-state index >= 15 is 0 Å². The van der Waals surface area contributed by atoms with E-state index in [9.17, 15) is 4.79 Å². The van der Waals surface area contributed by atoms with E-state index in [0.29, 0.717) is 6.04 Å². The summed E-state index contributed by atoms with van der Waals surface area (Å²) in [6.45, 7) is 4.47. The molecule has 158 valence electrons. The molecule has 6 heteroatoms. The molecule has 0 atom stereocenters. The lowest BCUT2D eigenvalue weighted by Crippen LogP contribution is -2.25. The van der Waals surface area contributed by atoms with Crippen molar-refractivity contribution in [3.05, 3.63) is 75.6 Å². The monoisotopic (exact) mass is 423 g/mol. The second kappa shape index (κ2) is 10.0. The summed E-state index contributed by atoms with van der Waals surface area (Å²) in [5.74, 6) is 0.968. The zero-order valence-electron chi connectivity index (χ0n) is 17.5. The Morgan fingerprint density at radius 1 is 1.20 bits per heavy atom. The van der Waals surface area contributed by atoms with E-state index in [2.05, 4.69) is 22.5 Å². The minimum absolute atomic E-state index is 0.0265. The second-order valence-corrected chi connectivity index (χ2v) is 8.95. The molecule has 3 aromatic rings. The molecule has 0 bridgehead atoms. The Hall–Kier alpha value is -2.44. The number of rotatable bonds is 11. The first-order chi connectivity index (χ1) is 14.7. The number of furan rings is 1. The summed E-state index contributed by atoms with van der Waals surface area (Å²) in [6.07, 6.45) is 7.35. The van der Waals surface area contributed by atoms with Crippen LogP contribution in [0.15, 0.2) is 52.5 Å². The topological polar surface area (TPSA) is 58.4 Å². The van der Waals surface area contributed by atoms with Gasteiger partial charge in [0.2, 0.25) is 0 Å². The van der Waals surface area contributed by atoms with E-state index in [1.54, 1.807) is 17.6 Å². The Morgan fingerprint density at radius 2 is 2.03 bits per heavy atom. The van der Waals surface area contributed by atoms with Crippen LogP contribution in [0, 0.1) is 0 Å². The minimum Gasteiger partial charge on any atom is -0.468 e. The molecule has 1 saturated carbocycles. The highest BCUT2D eigenvalue weighted by Gasteiger charge is 2.23. The third-order valence-corrected chi connectivity index (χ3v) is 6.18. The van der Waals surface area contributed by atoms with Gasteiger partial charge in [0, 0.05) is 30.1 Å². The summed E-state index contributed by atoms with van der Waals surface area (Å²) < 4.78 is 5.58. The smallest absolute Gasteiger partial charge is 0.251 e. The maximum absolute atomic E-state index is 12.2. The van der Waals surface area contributed by atoms with Crippen LogP contribution < -0.4 is 5.32 Å². The van der Waals surface area contributed by atoms with Crippen molar-refractivity contribution < 1.29 is 9.21 Å². The summed E-state index contributed by atoms with van der Waals surface area (Å²) in [4.78, 5) is 19.4. The number of thiazole rings is 1. The quantitative estimate of drug-likeness (QED) is 0.462. The Balaban J connectivity index is 1.41. The zero-order chi connectivity index (χ0) is 20.8. The third-order valence-electron chi connectivity index (χ3n) is 5.22. The molecule has 0 radical (unpaired) electrons. The van der Waals surface area contributed by atoms with Gasteiger partial charge in [-0.25, -0.2) is 4.98 Å². The molecule has 2 aromatic heterocycles. The number of benzene rings is 1. The Labute approximate surface area is 182 Å². The number of hydrogen-bond acceptors (Lipinski definition) is 5. The molecule has 0 aliphatic heterocycles. The van der Waals surface area contributed by atoms with Crippen molar-refractivity contribution in [2.45, 2.75) is 64.7 Å². The number of nitrogens with zero attached hydrogens (tertiary/aromatic N) is 2. The maximum atomic E-state index is 12.2. The number of amides is 1. The van der Waals surface area contributed by atoms with Crippen LogP contribution in [0.4, 0.5) is 0 Å². The number of carbonyl (C=O) groups is 1. The van der Waals surface area contributed by atoms with Crippen LogP contribution in [0.5, 0.6) is 0 Å². The van der Waals surface area contributed by atoms with Crippen LogP contribution in [0.1, 0.15) is 65.0 Å². The number of aryl methyl sites for hydroxylation is 1. The zero-order valence-corrected chi connectivity index (χ0v) is 18.3. The van der Waals surface area contributed by atoms with E-state index < -0.39 is 0 Å². The van der Waals surface area contributed by atoms with Crippen LogP contribution >= 0.6 is 11.3 Å². The van der Waals surface area contributed by atoms with Gasteiger partial charge in [0.05, 0.1) is 23.5 Å². The summed E-state index contributed by atoms with van der Waals surface area (Å²) in [5, 5.41) is 6.43. The molecule has 4 rings (SSSR count). The molecule has 1 fully saturated rings. The number of carbonyl (C=O) groups excluding carboxylic acids is 1. The number of unbranched alkanes of at least 4 members (excludes halogenated alkanes) is 1. The molecule has 1 N–H and O–H groups in total. The van der Waals surface area contributed by atoms with E-state index in [1.807, 2.05) is 36.4 Å². The second-order valence-electron chi connectivity index (χ2n) is 8.01. The third kappa shape index (κ3) is 6.03. The fraction of sp³-hybridized carbons (Fsp3) is 0.417. The number of hydrogen-bond donors (Lipinski definition) is 1. The van der Waals surface area contributed by atoms with Crippen LogP contribution in [0.3, 0.4) is 0 Å². The molecule has 0 saturated heterocycles. The molecular formula is C24H29N3O2S. The molecule has 1 amide bonds. The molecular weight excluding hydrogens is 394 g/mol. The highest BCUT2D eigenvalue weighted by molar-refractivity contribution is 7.09. The van der Waals surface area contributed by atoms with Gasteiger partial charge in [0.25, 0.3) is 5.91 Å². The predicted octanol–water partition coefficient (Wildman–Crippen LogP) is 5.17. The molecule has 1 aliphatic carbocycles. The molecule has 0 unspecified atom stereocenters. The van der Waals surface area contributed by atoms with Gasteiger partial charge in [-0.15, -0.1) is 11.3 Å². The Kier molecular flexibility index (Phi) is 6.97. The summed E-state index contributed by atoms with van der Waals surface area (Å²) in [7, 11) is 0. The summed E-state index contributed by atoms with van der Waals surface area (Å²) >= 11 is 1.76. The Bertz CT molecular complexity index is 930. The van der Waals surface area contributed by atoms with Crippen molar-refractivity contribution >= 4 is 17.2 Å². The van der Waals surface area contributed by atoms with Crippen LogP contribution in [-0.2, 0) is 26.1 Å².